The quantitative estimate of drug-likeness (QED) is 0.645. The molecule has 1 aromatic heterocycles. The van der Waals surface area contributed by atoms with E-state index >= 15 is 0 Å². The molecule has 7 heteroatoms. The summed E-state index contributed by atoms with van der Waals surface area (Å²) < 4.78 is 7.45. The number of nitrogens with zero attached hydrogens (tertiary/aromatic N) is 2. The number of carbonyl (C=O) groups is 2. The highest BCUT2D eigenvalue weighted by molar-refractivity contribution is 8.03. The number of carbonyl (C=O) groups excluding carboxylic acids is 2. The van der Waals surface area contributed by atoms with Gasteiger partial charge in [0, 0.05) is 41.8 Å². The molecule has 5 rings (SSSR count). The second-order valence-corrected chi connectivity index (χ2v) is 8.48. The number of likely N-dealkylation sites (N-methyl/N-ethyl adjacent to an activating group) is 1. The average molecular weight is 420 g/mol. The van der Waals surface area contributed by atoms with Crippen LogP contribution in [0, 0.1) is 0 Å². The van der Waals surface area contributed by atoms with Crippen LogP contribution in [-0.2, 0) is 26.8 Å². The molecule has 6 nitrogen and oxygen atoms in total. The monoisotopic (exact) mass is 419 g/mol. The van der Waals surface area contributed by atoms with Crippen LogP contribution in [0.15, 0.2) is 64.2 Å². The van der Waals surface area contributed by atoms with Gasteiger partial charge in [0.2, 0.25) is 5.91 Å². The van der Waals surface area contributed by atoms with Gasteiger partial charge in [0.25, 0.3) is 0 Å². The second-order valence-electron chi connectivity index (χ2n) is 7.45. The van der Waals surface area contributed by atoms with E-state index in [-0.39, 0.29) is 18.1 Å². The molecule has 0 saturated heterocycles. The molecule has 2 N–H and O–H groups in total. The summed E-state index contributed by atoms with van der Waals surface area (Å²) in [6.07, 6.45) is 0. The van der Waals surface area contributed by atoms with Crippen molar-refractivity contribution in [1.82, 2.24) is 4.57 Å². The number of para-hydroxylation sites is 2. The number of hydrogen-bond donors (Lipinski definition) is 1. The van der Waals surface area contributed by atoms with Crippen LogP contribution in [0.5, 0.6) is 0 Å². The molecule has 1 atom stereocenters. The highest BCUT2D eigenvalue weighted by Gasteiger charge is 2.60. The van der Waals surface area contributed by atoms with Gasteiger partial charge >= 0.3 is 5.97 Å². The lowest BCUT2D eigenvalue weighted by Crippen LogP contribution is -2.46. The summed E-state index contributed by atoms with van der Waals surface area (Å²) >= 11 is 1.31. The molecule has 0 saturated carbocycles. The number of nitrogens with two attached hydrogens (primary N) is 1. The Morgan fingerprint density at radius 2 is 1.83 bits per heavy atom. The molecule has 3 heterocycles. The lowest BCUT2D eigenvalue weighted by molar-refractivity contribution is -0.140. The van der Waals surface area contributed by atoms with Crippen LogP contribution in [0.4, 0.5) is 5.69 Å². The number of esters is 1. The first kappa shape index (κ1) is 18.8. The molecule has 1 spiro atoms. The maximum absolute atomic E-state index is 14.0. The van der Waals surface area contributed by atoms with E-state index in [0.717, 1.165) is 32.7 Å². The van der Waals surface area contributed by atoms with Crippen molar-refractivity contribution in [3.63, 3.8) is 0 Å². The Labute approximate surface area is 178 Å². The van der Waals surface area contributed by atoms with Crippen molar-refractivity contribution < 1.29 is 14.3 Å². The van der Waals surface area contributed by atoms with Crippen LogP contribution >= 0.6 is 11.8 Å². The van der Waals surface area contributed by atoms with Crippen LogP contribution < -0.4 is 10.6 Å². The van der Waals surface area contributed by atoms with Gasteiger partial charge in [0.05, 0.1) is 22.2 Å². The number of benzene rings is 2. The molecule has 0 bridgehead atoms. The fraction of sp³-hybridized carbons (Fsp3) is 0.217. The third-order valence-corrected chi connectivity index (χ3v) is 7.13. The van der Waals surface area contributed by atoms with Gasteiger partial charge in [-0.15, -0.1) is 0 Å². The van der Waals surface area contributed by atoms with Crippen LogP contribution in [0.1, 0.15) is 18.1 Å². The number of anilines is 1. The number of thioether (sulfide) groups is 1. The Morgan fingerprint density at radius 1 is 1.13 bits per heavy atom. The van der Waals surface area contributed by atoms with Gasteiger partial charge in [0.15, 0.2) is 0 Å². The number of amides is 1. The van der Waals surface area contributed by atoms with Crippen molar-refractivity contribution in [3.05, 3.63) is 70.3 Å². The third-order valence-electron chi connectivity index (χ3n) is 6.03. The topological polar surface area (TPSA) is 77.6 Å². The van der Waals surface area contributed by atoms with Crippen molar-refractivity contribution in [2.75, 3.05) is 18.6 Å². The molecule has 2 aliphatic rings. The summed E-state index contributed by atoms with van der Waals surface area (Å²) in [6, 6.07) is 15.5. The average Bonchev–Trinajstić information content (AvgIpc) is 3.14. The van der Waals surface area contributed by atoms with Gasteiger partial charge in [-0.2, -0.15) is 0 Å². The molecule has 0 radical (unpaired) electrons. The Morgan fingerprint density at radius 3 is 2.60 bits per heavy atom. The number of fused-ring (bicyclic) bond motifs is 6. The zero-order chi connectivity index (χ0) is 21.2. The lowest BCUT2D eigenvalue weighted by atomic mass is 9.69. The van der Waals surface area contributed by atoms with E-state index in [0.29, 0.717) is 5.03 Å². The number of hydrogen-bond acceptors (Lipinski definition) is 5. The maximum atomic E-state index is 14.0. The summed E-state index contributed by atoms with van der Waals surface area (Å²) in [7, 11) is 3.70. The van der Waals surface area contributed by atoms with Crippen LogP contribution in [-0.4, -0.2) is 30.1 Å². The molecule has 1 unspecified atom stereocenters. The van der Waals surface area contributed by atoms with Crippen LogP contribution in [0.3, 0.4) is 0 Å². The highest BCUT2D eigenvalue weighted by atomic mass is 32.2. The predicted molar refractivity (Wildman–Crippen MR) is 117 cm³/mol. The maximum Gasteiger partial charge on any atom is 0.338 e. The minimum absolute atomic E-state index is 0.199. The third kappa shape index (κ3) is 2.10. The fourth-order valence-corrected chi connectivity index (χ4v) is 5.96. The van der Waals surface area contributed by atoms with Crippen LogP contribution in [0.2, 0.25) is 0 Å². The van der Waals surface area contributed by atoms with Gasteiger partial charge < -0.3 is 19.9 Å². The Balaban J connectivity index is 1.99. The van der Waals surface area contributed by atoms with Gasteiger partial charge in [-0.1, -0.05) is 48.2 Å². The largest absolute Gasteiger partial charge is 0.463 e. The smallest absolute Gasteiger partial charge is 0.338 e. The highest BCUT2D eigenvalue weighted by Crippen LogP contribution is 2.59. The predicted octanol–water partition coefficient (Wildman–Crippen LogP) is 3.28. The minimum atomic E-state index is -1.34. The van der Waals surface area contributed by atoms with E-state index in [9.17, 15) is 9.59 Å². The molecule has 2 aliphatic heterocycles. The number of aromatic nitrogens is 1. The Hall–Kier alpha value is -3.19. The number of rotatable bonds is 2. The van der Waals surface area contributed by atoms with E-state index in [1.165, 1.54) is 11.8 Å². The first-order valence-electron chi connectivity index (χ1n) is 9.75. The molecule has 30 heavy (non-hydrogen) atoms. The molecular formula is C23H21N3O3S. The van der Waals surface area contributed by atoms with Gasteiger partial charge in [0.1, 0.15) is 5.41 Å². The summed E-state index contributed by atoms with van der Waals surface area (Å²) in [6.45, 7) is 1.95. The SMILES string of the molecule is CCOC(=O)C1=C(N)Sc2c(c3ccccc3n2C)C12C(=O)N(C)c1ccccc12. The molecule has 2 aromatic carbocycles. The first-order chi connectivity index (χ1) is 14.4. The summed E-state index contributed by atoms with van der Waals surface area (Å²) in [5.41, 5.74) is 8.65. The summed E-state index contributed by atoms with van der Waals surface area (Å²) in [5.74, 6) is -0.757. The summed E-state index contributed by atoms with van der Waals surface area (Å²) in [5, 5.41) is 2.08. The van der Waals surface area contributed by atoms with E-state index in [1.54, 1.807) is 18.9 Å². The Bertz CT molecular complexity index is 1280. The zero-order valence-corrected chi connectivity index (χ0v) is 17.7. The van der Waals surface area contributed by atoms with E-state index in [4.69, 9.17) is 10.5 Å². The standard InChI is InChI=1S/C23H21N3O3S/c1-4-29-21(27)18-19(24)30-20-17(13-9-5-7-11-15(13)25(20)2)23(18)14-10-6-8-12-16(14)26(3)22(23)28/h5-12H,4,24H2,1-3H3. The summed E-state index contributed by atoms with van der Waals surface area (Å²) in [4.78, 5) is 28.9. The number of ether oxygens (including phenoxy) is 1. The zero-order valence-electron chi connectivity index (χ0n) is 16.9. The molecule has 0 fully saturated rings. The first-order valence-corrected chi connectivity index (χ1v) is 10.6. The van der Waals surface area contributed by atoms with Crippen molar-refractivity contribution in [2.24, 2.45) is 12.8 Å². The van der Waals surface area contributed by atoms with E-state index in [2.05, 4.69) is 0 Å². The lowest BCUT2D eigenvalue weighted by Gasteiger charge is -2.35. The second kappa shape index (κ2) is 6.40. The van der Waals surface area contributed by atoms with Gasteiger partial charge in [-0.25, -0.2) is 4.79 Å². The normalized spacial score (nSPS) is 20.1. The molecular weight excluding hydrogens is 398 g/mol. The van der Waals surface area contributed by atoms with Crippen molar-refractivity contribution >= 4 is 40.2 Å². The fourth-order valence-electron chi connectivity index (χ4n) is 4.82. The minimum Gasteiger partial charge on any atom is -0.463 e. The number of aryl methyl sites for hydroxylation is 1. The van der Waals surface area contributed by atoms with Crippen molar-refractivity contribution in [2.45, 2.75) is 17.4 Å². The van der Waals surface area contributed by atoms with Crippen LogP contribution in [0.25, 0.3) is 10.9 Å². The van der Waals surface area contributed by atoms with Crippen molar-refractivity contribution in [1.29, 1.82) is 0 Å². The molecule has 1 amide bonds. The van der Waals surface area contributed by atoms with E-state index < -0.39 is 11.4 Å². The van der Waals surface area contributed by atoms with Crippen molar-refractivity contribution in [3.8, 4) is 0 Å². The van der Waals surface area contributed by atoms with E-state index in [1.807, 2.05) is 60.1 Å². The molecule has 0 aliphatic carbocycles. The molecule has 3 aromatic rings. The van der Waals surface area contributed by atoms with Gasteiger partial charge in [-0.3, -0.25) is 4.79 Å². The Kier molecular flexibility index (Phi) is 4.02. The van der Waals surface area contributed by atoms with Gasteiger partial charge in [-0.05, 0) is 19.1 Å². The molecule has 152 valence electrons.